The second-order valence-electron chi connectivity index (χ2n) is 8.82. The van der Waals surface area contributed by atoms with Crippen molar-refractivity contribution < 1.29 is 4.74 Å². The lowest BCUT2D eigenvalue weighted by atomic mass is 10.2. The van der Waals surface area contributed by atoms with Gasteiger partial charge in [-0.15, -0.1) is 0 Å². The minimum atomic E-state index is 0.610. The number of aromatic nitrogens is 4. The Morgan fingerprint density at radius 2 is 1.71 bits per heavy atom. The van der Waals surface area contributed by atoms with Crippen molar-refractivity contribution in [2.24, 2.45) is 0 Å². The van der Waals surface area contributed by atoms with E-state index in [1.54, 1.807) is 0 Å². The van der Waals surface area contributed by atoms with Crippen LogP contribution in [0.1, 0.15) is 0 Å². The minimum Gasteiger partial charge on any atom is -0.490 e. The van der Waals surface area contributed by atoms with E-state index in [9.17, 15) is 0 Å². The Kier molecular flexibility index (Phi) is 5.63. The van der Waals surface area contributed by atoms with Crippen LogP contribution in [0.3, 0.4) is 0 Å². The van der Waals surface area contributed by atoms with Crippen LogP contribution in [-0.4, -0.2) is 64.2 Å². The average molecular weight is 486 g/mol. The summed E-state index contributed by atoms with van der Waals surface area (Å²) in [6.07, 6.45) is 0. The number of nitrogens with one attached hydrogen (secondary N) is 3. The minimum absolute atomic E-state index is 0.610. The monoisotopic (exact) mass is 485 g/mol. The number of ether oxygens (including phenoxy) is 1. The lowest BCUT2D eigenvalue weighted by Gasteiger charge is -2.36. The van der Waals surface area contributed by atoms with E-state index in [1.165, 1.54) is 5.69 Å². The van der Waals surface area contributed by atoms with E-state index < -0.39 is 0 Å². The first-order chi connectivity index (χ1) is 17.1. The number of benzene rings is 3. The van der Waals surface area contributed by atoms with Gasteiger partial charge in [0.05, 0.1) is 16.7 Å². The number of aromatic amines is 3. The van der Waals surface area contributed by atoms with Crippen LogP contribution in [-0.2, 0) is 0 Å². The SMILES string of the molecule is Nc1cccc(-c2nc3c(N4CCN(CCOc5cccc6[nH]c(=S)[nH]c56)CC4)cccc3[nH]2)c1. The number of imidazole rings is 2. The zero-order chi connectivity index (χ0) is 23.8. The number of fused-ring (bicyclic) bond motifs is 2. The van der Waals surface area contributed by atoms with Gasteiger partial charge in [0, 0.05) is 44.0 Å². The van der Waals surface area contributed by atoms with Crippen molar-refractivity contribution >= 4 is 45.7 Å². The largest absolute Gasteiger partial charge is 0.490 e. The number of nitrogen functional groups attached to an aromatic ring is 1. The number of nitrogens with two attached hydrogens (primary N) is 1. The summed E-state index contributed by atoms with van der Waals surface area (Å²) in [5, 5.41) is 0. The Hall–Kier alpha value is -3.82. The zero-order valence-electron chi connectivity index (χ0n) is 19.3. The smallest absolute Gasteiger partial charge is 0.175 e. The molecule has 0 amide bonds. The number of H-pyrrole nitrogens is 3. The van der Waals surface area contributed by atoms with Crippen molar-refractivity contribution in [3.8, 4) is 17.1 Å². The third kappa shape index (κ3) is 4.36. The van der Waals surface area contributed by atoms with Gasteiger partial charge in [-0.25, -0.2) is 4.98 Å². The number of rotatable bonds is 6. The van der Waals surface area contributed by atoms with Gasteiger partial charge < -0.3 is 30.3 Å². The first-order valence-corrected chi connectivity index (χ1v) is 12.2. The second-order valence-corrected chi connectivity index (χ2v) is 9.23. The topological polar surface area (TPSA) is 102 Å². The standard InChI is InChI=1S/C26H27N7OS/c27-18-5-1-4-17(16-18)25-28-19-6-2-8-21(23(19)30-25)33-12-10-32(11-13-33)14-15-34-22-9-3-7-20-24(22)31-26(35)29-20/h1-9,16H,10-15,27H2,(H,28,30)(H2,29,31,35). The average Bonchev–Trinajstić information content (AvgIpc) is 3.48. The van der Waals surface area contributed by atoms with Gasteiger partial charge in [-0.05, 0) is 48.6 Å². The molecule has 1 saturated heterocycles. The Balaban J connectivity index is 1.10. The lowest BCUT2D eigenvalue weighted by Crippen LogP contribution is -2.47. The fourth-order valence-electron chi connectivity index (χ4n) is 4.74. The highest BCUT2D eigenvalue weighted by Gasteiger charge is 2.20. The molecule has 0 aliphatic carbocycles. The molecule has 8 nitrogen and oxygen atoms in total. The molecule has 3 heterocycles. The van der Waals surface area contributed by atoms with E-state index in [-0.39, 0.29) is 0 Å². The molecular formula is C26H27N7OS. The number of para-hydroxylation sites is 2. The molecule has 0 saturated carbocycles. The van der Waals surface area contributed by atoms with E-state index in [1.807, 2.05) is 42.5 Å². The molecule has 1 aliphatic heterocycles. The molecule has 9 heteroatoms. The van der Waals surface area contributed by atoms with Crippen LogP contribution < -0.4 is 15.4 Å². The van der Waals surface area contributed by atoms with Crippen molar-refractivity contribution in [2.75, 3.05) is 50.0 Å². The van der Waals surface area contributed by atoms with Gasteiger partial charge in [-0.2, -0.15) is 0 Å². The number of hydrogen-bond acceptors (Lipinski definition) is 6. The molecule has 1 fully saturated rings. The molecule has 0 atom stereocenters. The normalized spacial score (nSPS) is 14.7. The molecular weight excluding hydrogens is 458 g/mol. The first-order valence-electron chi connectivity index (χ1n) is 11.8. The van der Waals surface area contributed by atoms with E-state index in [2.05, 4.69) is 43.0 Å². The predicted octanol–water partition coefficient (Wildman–Crippen LogP) is 4.55. The van der Waals surface area contributed by atoms with Crippen LogP contribution in [0.25, 0.3) is 33.5 Å². The third-order valence-electron chi connectivity index (χ3n) is 6.54. The Bertz CT molecular complexity index is 1540. The summed E-state index contributed by atoms with van der Waals surface area (Å²) < 4.78 is 6.69. The van der Waals surface area contributed by atoms with Crippen LogP contribution in [0.4, 0.5) is 11.4 Å². The third-order valence-corrected chi connectivity index (χ3v) is 6.75. The molecule has 35 heavy (non-hydrogen) atoms. The van der Waals surface area contributed by atoms with Crippen LogP contribution in [0.15, 0.2) is 60.7 Å². The Morgan fingerprint density at radius 1 is 0.914 bits per heavy atom. The maximum Gasteiger partial charge on any atom is 0.175 e. The highest BCUT2D eigenvalue weighted by molar-refractivity contribution is 7.71. The summed E-state index contributed by atoms with van der Waals surface area (Å²) in [5.74, 6) is 1.67. The molecule has 2 aromatic heterocycles. The lowest BCUT2D eigenvalue weighted by molar-refractivity contribution is 0.201. The van der Waals surface area contributed by atoms with Gasteiger partial charge >= 0.3 is 0 Å². The van der Waals surface area contributed by atoms with Gasteiger partial charge in [0.15, 0.2) is 4.77 Å². The highest BCUT2D eigenvalue weighted by Crippen LogP contribution is 2.29. The van der Waals surface area contributed by atoms with Gasteiger partial charge in [0.2, 0.25) is 0 Å². The van der Waals surface area contributed by atoms with Gasteiger partial charge in [0.25, 0.3) is 0 Å². The fourth-order valence-corrected chi connectivity index (χ4v) is 4.96. The van der Waals surface area contributed by atoms with E-state index >= 15 is 0 Å². The summed E-state index contributed by atoms with van der Waals surface area (Å²) in [6, 6.07) is 20.1. The van der Waals surface area contributed by atoms with Gasteiger partial charge in [-0.1, -0.05) is 24.3 Å². The van der Waals surface area contributed by atoms with Crippen LogP contribution in [0.5, 0.6) is 5.75 Å². The van der Waals surface area contributed by atoms with E-state index in [0.29, 0.717) is 11.4 Å². The molecule has 5 aromatic rings. The number of nitrogens with zero attached hydrogens (tertiary/aromatic N) is 3. The van der Waals surface area contributed by atoms with Crippen molar-refractivity contribution in [1.82, 2.24) is 24.8 Å². The molecule has 5 N–H and O–H groups in total. The number of anilines is 2. The maximum absolute atomic E-state index is 6.08. The molecule has 3 aromatic carbocycles. The van der Waals surface area contributed by atoms with Gasteiger partial charge in [-0.3, -0.25) is 4.90 Å². The highest BCUT2D eigenvalue weighted by atomic mass is 32.1. The summed E-state index contributed by atoms with van der Waals surface area (Å²) in [7, 11) is 0. The number of piperazine rings is 1. The van der Waals surface area contributed by atoms with E-state index in [0.717, 1.165) is 77.6 Å². The van der Waals surface area contributed by atoms with Crippen LogP contribution in [0, 0.1) is 4.77 Å². The molecule has 6 rings (SSSR count). The number of hydrogen-bond donors (Lipinski definition) is 4. The molecule has 0 unspecified atom stereocenters. The fraction of sp³-hybridized carbons (Fsp3) is 0.231. The van der Waals surface area contributed by atoms with Crippen molar-refractivity contribution in [2.45, 2.75) is 0 Å². The Labute approximate surface area is 207 Å². The molecule has 178 valence electrons. The molecule has 0 bridgehead atoms. The Morgan fingerprint density at radius 3 is 2.57 bits per heavy atom. The summed E-state index contributed by atoms with van der Waals surface area (Å²) in [4.78, 5) is 19.5. The first kappa shape index (κ1) is 21.7. The van der Waals surface area contributed by atoms with Crippen molar-refractivity contribution in [3.63, 3.8) is 0 Å². The molecule has 1 aliphatic rings. The van der Waals surface area contributed by atoms with Crippen molar-refractivity contribution in [1.29, 1.82) is 0 Å². The summed E-state index contributed by atoms with van der Waals surface area (Å²) in [6.45, 7) is 5.34. The van der Waals surface area contributed by atoms with Crippen LogP contribution >= 0.6 is 12.2 Å². The summed E-state index contributed by atoms with van der Waals surface area (Å²) >= 11 is 5.21. The maximum atomic E-state index is 6.08. The second kappa shape index (κ2) is 9.09. The van der Waals surface area contributed by atoms with Crippen LogP contribution in [0.2, 0.25) is 0 Å². The molecule has 0 radical (unpaired) electrons. The van der Waals surface area contributed by atoms with E-state index in [4.69, 9.17) is 27.7 Å². The molecule has 0 spiro atoms. The summed E-state index contributed by atoms with van der Waals surface area (Å²) in [5.41, 5.74) is 12.8. The van der Waals surface area contributed by atoms with Crippen molar-refractivity contribution in [3.05, 3.63) is 65.4 Å². The zero-order valence-corrected chi connectivity index (χ0v) is 20.1. The van der Waals surface area contributed by atoms with Gasteiger partial charge in [0.1, 0.15) is 29.2 Å². The predicted molar refractivity (Wildman–Crippen MR) is 144 cm³/mol. The quantitative estimate of drug-likeness (QED) is 0.208.